The molecule has 1 aliphatic carbocycles. The van der Waals surface area contributed by atoms with Crippen LogP contribution in [0.4, 0.5) is 0 Å². The molecule has 74 valence electrons. The van der Waals surface area contributed by atoms with E-state index in [1.54, 1.807) is 0 Å². The third kappa shape index (κ3) is 1.90. The van der Waals surface area contributed by atoms with Crippen molar-refractivity contribution >= 4 is 17.6 Å². The van der Waals surface area contributed by atoms with Crippen molar-refractivity contribution in [3.63, 3.8) is 0 Å². The number of carboxylic acid groups (broad SMARTS) is 1. The van der Waals surface area contributed by atoms with E-state index in [9.17, 15) is 4.79 Å². The fraction of sp³-hybridized carbons (Fsp3) is 0.364. The number of aliphatic carboxylic acids is 1. The van der Waals surface area contributed by atoms with E-state index in [1.807, 2.05) is 18.2 Å². The summed E-state index contributed by atoms with van der Waals surface area (Å²) in [6, 6.07) is 5.81. The molecule has 3 heteroatoms. The van der Waals surface area contributed by atoms with Gasteiger partial charge < -0.3 is 5.11 Å². The Kier molecular flexibility index (Phi) is 2.46. The van der Waals surface area contributed by atoms with Gasteiger partial charge in [-0.25, -0.2) is 0 Å². The van der Waals surface area contributed by atoms with Crippen LogP contribution in [0.3, 0.4) is 0 Å². The van der Waals surface area contributed by atoms with E-state index < -0.39 is 5.97 Å². The number of rotatable bonds is 2. The van der Waals surface area contributed by atoms with Gasteiger partial charge in [0, 0.05) is 11.4 Å². The average molecular weight is 211 g/mol. The molecule has 0 radical (unpaired) electrons. The summed E-state index contributed by atoms with van der Waals surface area (Å²) in [7, 11) is 0. The van der Waals surface area contributed by atoms with Crippen LogP contribution in [0.25, 0.3) is 0 Å². The number of hydrogen-bond acceptors (Lipinski definition) is 1. The number of benzene rings is 1. The fourth-order valence-electron chi connectivity index (χ4n) is 2.07. The van der Waals surface area contributed by atoms with Crippen molar-refractivity contribution in [2.75, 3.05) is 0 Å². The molecule has 1 N–H and O–H groups in total. The van der Waals surface area contributed by atoms with Crippen LogP contribution in [0.2, 0.25) is 5.02 Å². The van der Waals surface area contributed by atoms with Crippen molar-refractivity contribution in [2.45, 2.75) is 19.3 Å². The van der Waals surface area contributed by atoms with Crippen LogP contribution in [0.5, 0.6) is 0 Å². The van der Waals surface area contributed by atoms with E-state index in [-0.39, 0.29) is 12.3 Å². The predicted molar refractivity (Wildman–Crippen MR) is 54.6 cm³/mol. The lowest BCUT2D eigenvalue weighted by atomic mass is 10.0. The summed E-state index contributed by atoms with van der Waals surface area (Å²) >= 11 is 5.86. The van der Waals surface area contributed by atoms with Gasteiger partial charge in [-0.3, -0.25) is 4.79 Å². The molecule has 1 atom stereocenters. The minimum Gasteiger partial charge on any atom is -0.481 e. The zero-order valence-electron chi connectivity index (χ0n) is 7.66. The van der Waals surface area contributed by atoms with Gasteiger partial charge in [-0.15, -0.1) is 0 Å². The molecule has 0 aromatic heterocycles. The maximum absolute atomic E-state index is 10.5. The summed E-state index contributed by atoms with van der Waals surface area (Å²) in [6.45, 7) is 0. The molecule has 14 heavy (non-hydrogen) atoms. The Bertz CT molecular complexity index is 374. The van der Waals surface area contributed by atoms with Crippen molar-refractivity contribution in [1.82, 2.24) is 0 Å². The molecule has 0 saturated carbocycles. The molecule has 1 unspecified atom stereocenters. The van der Waals surface area contributed by atoms with Crippen LogP contribution < -0.4 is 0 Å². The van der Waals surface area contributed by atoms with Gasteiger partial charge in [-0.05, 0) is 42.0 Å². The minimum absolute atomic E-state index is 0.251. The van der Waals surface area contributed by atoms with Gasteiger partial charge in [0.25, 0.3) is 0 Å². The first-order valence-corrected chi connectivity index (χ1v) is 5.02. The summed E-state index contributed by atoms with van der Waals surface area (Å²) in [5.41, 5.74) is 2.46. The first kappa shape index (κ1) is 9.53. The van der Waals surface area contributed by atoms with Crippen LogP contribution in [-0.2, 0) is 17.6 Å². The van der Waals surface area contributed by atoms with Crippen LogP contribution in [-0.4, -0.2) is 11.1 Å². The van der Waals surface area contributed by atoms with Gasteiger partial charge in [0.1, 0.15) is 0 Å². The summed E-state index contributed by atoms with van der Waals surface area (Å²) in [4.78, 5) is 10.5. The van der Waals surface area contributed by atoms with Gasteiger partial charge in [0.2, 0.25) is 0 Å². The molecule has 0 heterocycles. The largest absolute Gasteiger partial charge is 0.481 e. The van der Waals surface area contributed by atoms with Gasteiger partial charge in [0.15, 0.2) is 0 Å². The Morgan fingerprint density at radius 1 is 1.43 bits per heavy atom. The van der Waals surface area contributed by atoms with Gasteiger partial charge in [-0.2, -0.15) is 0 Å². The van der Waals surface area contributed by atoms with E-state index in [4.69, 9.17) is 16.7 Å². The molecule has 1 aliphatic rings. The maximum Gasteiger partial charge on any atom is 0.303 e. The SMILES string of the molecule is O=C(O)CC1Cc2ccc(Cl)cc2C1. The third-order valence-electron chi connectivity index (χ3n) is 2.65. The summed E-state index contributed by atoms with van der Waals surface area (Å²) < 4.78 is 0. The molecule has 1 aromatic carbocycles. The van der Waals surface area contributed by atoms with Crippen molar-refractivity contribution in [3.05, 3.63) is 34.3 Å². The highest BCUT2D eigenvalue weighted by atomic mass is 35.5. The van der Waals surface area contributed by atoms with Crippen LogP contribution in [0.15, 0.2) is 18.2 Å². The smallest absolute Gasteiger partial charge is 0.303 e. The third-order valence-corrected chi connectivity index (χ3v) is 2.88. The lowest BCUT2D eigenvalue weighted by Crippen LogP contribution is -2.07. The standard InChI is InChI=1S/C11H11ClO2/c12-10-2-1-8-3-7(5-11(13)14)4-9(8)6-10/h1-2,6-7H,3-5H2,(H,13,14). The predicted octanol–water partition coefficient (Wildman–Crippen LogP) is 2.53. The summed E-state index contributed by atoms with van der Waals surface area (Å²) in [5, 5.41) is 9.42. The summed E-state index contributed by atoms with van der Waals surface area (Å²) in [5.74, 6) is -0.463. The Balaban J connectivity index is 2.14. The van der Waals surface area contributed by atoms with E-state index in [0.29, 0.717) is 0 Å². The van der Waals surface area contributed by atoms with Crippen molar-refractivity contribution in [1.29, 1.82) is 0 Å². The topological polar surface area (TPSA) is 37.3 Å². The second-order valence-corrected chi connectivity index (χ2v) is 4.22. The first-order chi connectivity index (χ1) is 6.65. The monoisotopic (exact) mass is 210 g/mol. The highest BCUT2D eigenvalue weighted by molar-refractivity contribution is 6.30. The fourth-order valence-corrected chi connectivity index (χ4v) is 2.26. The molecule has 0 saturated heterocycles. The second kappa shape index (κ2) is 3.62. The van der Waals surface area contributed by atoms with E-state index in [1.165, 1.54) is 11.1 Å². The minimum atomic E-state index is -0.714. The Labute approximate surface area is 87.5 Å². The summed E-state index contributed by atoms with van der Waals surface area (Å²) in [6.07, 6.45) is 1.98. The highest BCUT2D eigenvalue weighted by Crippen LogP contribution is 2.30. The van der Waals surface area contributed by atoms with Crippen molar-refractivity contribution in [2.24, 2.45) is 5.92 Å². The molecule has 1 aromatic rings. The molecular formula is C11H11ClO2. The Morgan fingerprint density at radius 2 is 2.14 bits per heavy atom. The second-order valence-electron chi connectivity index (χ2n) is 3.79. The zero-order valence-corrected chi connectivity index (χ0v) is 8.42. The number of fused-ring (bicyclic) bond motifs is 1. The van der Waals surface area contributed by atoms with E-state index >= 15 is 0 Å². The van der Waals surface area contributed by atoms with Crippen molar-refractivity contribution in [3.8, 4) is 0 Å². The molecule has 0 fully saturated rings. The molecule has 0 bridgehead atoms. The number of halogens is 1. The quantitative estimate of drug-likeness (QED) is 0.815. The maximum atomic E-state index is 10.5. The van der Waals surface area contributed by atoms with Gasteiger partial charge in [-0.1, -0.05) is 17.7 Å². The van der Waals surface area contributed by atoms with Gasteiger partial charge >= 0.3 is 5.97 Å². The lowest BCUT2D eigenvalue weighted by molar-refractivity contribution is -0.138. The number of hydrogen-bond donors (Lipinski definition) is 1. The Morgan fingerprint density at radius 3 is 2.86 bits per heavy atom. The Hall–Kier alpha value is -1.02. The molecule has 2 rings (SSSR count). The molecule has 2 nitrogen and oxygen atoms in total. The number of carbonyl (C=O) groups is 1. The van der Waals surface area contributed by atoms with Crippen molar-refractivity contribution < 1.29 is 9.90 Å². The lowest BCUT2D eigenvalue weighted by Gasteiger charge is -2.02. The van der Waals surface area contributed by atoms with E-state index in [2.05, 4.69) is 0 Å². The van der Waals surface area contributed by atoms with Gasteiger partial charge in [0.05, 0.1) is 0 Å². The molecule has 0 aliphatic heterocycles. The molecular weight excluding hydrogens is 200 g/mol. The highest BCUT2D eigenvalue weighted by Gasteiger charge is 2.23. The average Bonchev–Trinajstić information content (AvgIpc) is 2.44. The van der Waals surface area contributed by atoms with Crippen LogP contribution >= 0.6 is 11.6 Å². The molecule has 0 amide bonds. The molecule has 0 spiro atoms. The van der Waals surface area contributed by atoms with Crippen LogP contribution in [0, 0.1) is 5.92 Å². The zero-order chi connectivity index (χ0) is 10.1. The number of carboxylic acids is 1. The van der Waals surface area contributed by atoms with E-state index in [0.717, 1.165) is 17.9 Å². The first-order valence-electron chi connectivity index (χ1n) is 4.64. The normalized spacial score (nSPS) is 19.4. The van der Waals surface area contributed by atoms with Crippen LogP contribution in [0.1, 0.15) is 17.5 Å².